The summed E-state index contributed by atoms with van der Waals surface area (Å²) in [5.74, 6) is 1.75. The average Bonchev–Trinajstić information content (AvgIpc) is 2.30. The van der Waals surface area contributed by atoms with E-state index in [1.807, 2.05) is 18.2 Å². The van der Waals surface area contributed by atoms with Gasteiger partial charge in [0.2, 0.25) is 0 Å². The third kappa shape index (κ3) is 6.81. The minimum Gasteiger partial charge on any atom is -0.493 e. The maximum atomic E-state index is 5.77. The molecule has 1 rings (SSSR count). The Labute approximate surface area is 116 Å². The molecule has 0 heterocycles. The minimum atomic E-state index is 0. The molecule has 17 heavy (non-hydrogen) atoms. The second-order valence-corrected chi connectivity index (χ2v) is 4.42. The summed E-state index contributed by atoms with van der Waals surface area (Å²) in [5.41, 5.74) is 6.96. The van der Waals surface area contributed by atoms with Gasteiger partial charge in [-0.1, -0.05) is 18.2 Å². The number of unbranched alkanes of at least 4 members (excludes halogenated alkanes) is 1. The zero-order valence-corrected chi connectivity index (χ0v) is 12.0. The number of aryl methyl sites for hydroxylation is 1. The number of hydrogen-bond donors (Lipinski definition) is 2. The van der Waals surface area contributed by atoms with Crippen LogP contribution in [0.1, 0.15) is 24.8 Å². The molecule has 2 nitrogen and oxygen atoms in total. The molecule has 1 aromatic rings. The predicted molar refractivity (Wildman–Crippen MR) is 79.6 cm³/mol. The maximum Gasteiger partial charge on any atom is 0.122 e. The van der Waals surface area contributed by atoms with Gasteiger partial charge in [-0.05, 0) is 37.8 Å². The maximum absolute atomic E-state index is 5.77. The molecule has 2 N–H and O–H groups in total. The van der Waals surface area contributed by atoms with Crippen molar-refractivity contribution in [2.75, 3.05) is 12.4 Å². The lowest BCUT2D eigenvalue weighted by molar-refractivity contribution is 0.302. The molecule has 0 unspecified atom stereocenters. The number of hydrogen-bond acceptors (Lipinski definition) is 3. The lowest BCUT2D eigenvalue weighted by Crippen LogP contribution is -2.21. The zero-order chi connectivity index (χ0) is 11.8. The summed E-state index contributed by atoms with van der Waals surface area (Å²) in [7, 11) is 0. The number of benzene rings is 1. The Morgan fingerprint density at radius 1 is 1.29 bits per heavy atom. The molecule has 0 radical (unpaired) electrons. The first kappa shape index (κ1) is 16.6. The number of thiol groups is 1. The first-order valence-electron chi connectivity index (χ1n) is 5.79. The second kappa shape index (κ2) is 9.63. The molecule has 0 saturated heterocycles. The van der Waals surface area contributed by atoms with Crippen LogP contribution in [0.3, 0.4) is 0 Å². The molecule has 0 aliphatic heterocycles. The van der Waals surface area contributed by atoms with Crippen molar-refractivity contribution < 1.29 is 4.74 Å². The fraction of sp³-hybridized carbons (Fsp3) is 0.538. The zero-order valence-electron chi connectivity index (χ0n) is 10.3. The van der Waals surface area contributed by atoms with E-state index in [4.69, 9.17) is 10.5 Å². The first-order chi connectivity index (χ1) is 7.74. The minimum absolute atomic E-state index is 0. The lowest BCUT2D eigenvalue weighted by atomic mass is 10.1. The van der Waals surface area contributed by atoms with Gasteiger partial charge < -0.3 is 10.5 Å². The molecule has 98 valence electrons. The smallest absolute Gasteiger partial charge is 0.122 e. The molecule has 0 aromatic heterocycles. The van der Waals surface area contributed by atoms with Gasteiger partial charge in [0.05, 0.1) is 6.61 Å². The van der Waals surface area contributed by atoms with E-state index in [2.05, 4.69) is 25.6 Å². The highest BCUT2D eigenvalue weighted by atomic mass is 35.5. The van der Waals surface area contributed by atoms with Crippen LogP contribution in [-0.2, 0) is 0 Å². The van der Waals surface area contributed by atoms with Gasteiger partial charge >= 0.3 is 0 Å². The van der Waals surface area contributed by atoms with Gasteiger partial charge in [-0.25, -0.2) is 0 Å². The quantitative estimate of drug-likeness (QED) is 0.592. The Morgan fingerprint density at radius 2 is 2.00 bits per heavy atom. The molecular formula is C13H22ClNOS. The third-order valence-corrected chi connectivity index (χ3v) is 3.02. The molecule has 1 atom stereocenters. The molecule has 4 heteroatoms. The molecule has 0 bridgehead atoms. The molecule has 0 saturated carbocycles. The van der Waals surface area contributed by atoms with E-state index in [0.29, 0.717) is 0 Å². The number of rotatable bonds is 7. The molecule has 0 fully saturated rings. The van der Waals surface area contributed by atoms with Crippen molar-refractivity contribution in [1.29, 1.82) is 0 Å². The second-order valence-electron chi connectivity index (χ2n) is 4.05. The van der Waals surface area contributed by atoms with Gasteiger partial charge in [-0.3, -0.25) is 0 Å². The van der Waals surface area contributed by atoms with Crippen LogP contribution in [0.15, 0.2) is 24.3 Å². The van der Waals surface area contributed by atoms with Crippen molar-refractivity contribution >= 4 is 25.0 Å². The average molecular weight is 276 g/mol. The van der Waals surface area contributed by atoms with Crippen molar-refractivity contribution in [2.45, 2.75) is 32.2 Å². The van der Waals surface area contributed by atoms with Gasteiger partial charge in [0.25, 0.3) is 0 Å². The van der Waals surface area contributed by atoms with E-state index in [1.54, 1.807) is 0 Å². The van der Waals surface area contributed by atoms with E-state index >= 15 is 0 Å². The number of ether oxygens (including phenoxy) is 1. The molecule has 0 aliphatic carbocycles. The van der Waals surface area contributed by atoms with Crippen LogP contribution in [0, 0.1) is 6.92 Å². The first-order valence-corrected chi connectivity index (χ1v) is 6.42. The van der Waals surface area contributed by atoms with Crippen molar-refractivity contribution in [3.63, 3.8) is 0 Å². The van der Waals surface area contributed by atoms with E-state index in [1.165, 1.54) is 5.56 Å². The Hall–Kier alpha value is -0.380. The lowest BCUT2D eigenvalue weighted by Gasteiger charge is -2.10. The van der Waals surface area contributed by atoms with Gasteiger partial charge in [0.15, 0.2) is 0 Å². The topological polar surface area (TPSA) is 35.2 Å². The summed E-state index contributed by atoms with van der Waals surface area (Å²) in [6, 6.07) is 8.32. The highest BCUT2D eigenvalue weighted by molar-refractivity contribution is 7.80. The molecule has 0 spiro atoms. The van der Waals surface area contributed by atoms with E-state index in [-0.39, 0.29) is 18.4 Å². The molecule has 0 amide bonds. The van der Waals surface area contributed by atoms with Crippen molar-refractivity contribution in [1.82, 2.24) is 0 Å². The summed E-state index contributed by atoms with van der Waals surface area (Å²) >= 11 is 4.15. The fourth-order valence-corrected chi connectivity index (χ4v) is 1.68. The fourth-order valence-electron chi connectivity index (χ4n) is 1.50. The van der Waals surface area contributed by atoms with Gasteiger partial charge in [-0.2, -0.15) is 12.6 Å². The standard InChI is InChI=1S/C13H21NOS.ClH/c1-11-6-2-3-8-13(11)15-9-5-4-7-12(14)10-16;/h2-3,6,8,12,16H,4-5,7,9-10,14H2,1H3;1H/t12-;/m0./s1. The van der Waals surface area contributed by atoms with Crippen molar-refractivity contribution in [3.05, 3.63) is 29.8 Å². The summed E-state index contributed by atoms with van der Waals surface area (Å²) in [4.78, 5) is 0. The van der Waals surface area contributed by atoms with Crippen LogP contribution in [0.2, 0.25) is 0 Å². The monoisotopic (exact) mass is 275 g/mol. The molecule has 0 aliphatic rings. The predicted octanol–water partition coefficient (Wildman–Crippen LogP) is 3.22. The number of nitrogens with two attached hydrogens (primary N) is 1. The Bertz CT molecular complexity index is 309. The van der Waals surface area contributed by atoms with Gasteiger partial charge in [0, 0.05) is 11.8 Å². The van der Waals surface area contributed by atoms with Crippen molar-refractivity contribution in [2.24, 2.45) is 5.73 Å². The van der Waals surface area contributed by atoms with Gasteiger partial charge in [-0.15, -0.1) is 12.4 Å². The Balaban J connectivity index is 0.00000256. The Kier molecular flexibility index (Phi) is 9.41. The number of para-hydroxylation sites is 1. The van der Waals surface area contributed by atoms with E-state index in [9.17, 15) is 0 Å². The molecule has 1 aromatic carbocycles. The van der Waals surface area contributed by atoms with Crippen LogP contribution in [0.25, 0.3) is 0 Å². The van der Waals surface area contributed by atoms with Gasteiger partial charge in [0.1, 0.15) is 5.75 Å². The normalized spacial score (nSPS) is 11.7. The third-order valence-electron chi connectivity index (χ3n) is 2.55. The molecular weight excluding hydrogens is 254 g/mol. The highest BCUT2D eigenvalue weighted by Gasteiger charge is 2.00. The van der Waals surface area contributed by atoms with E-state index in [0.717, 1.165) is 37.4 Å². The van der Waals surface area contributed by atoms with Crippen LogP contribution in [0.5, 0.6) is 5.75 Å². The largest absolute Gasteiger partial charge is 0.493 e. The van der Waals surface area contributed by atoms with Crippen LogP contribution in [0.4, 0.5) is 0 Å². The van der Waals surface area contributed by atoms with Crippen LogP contribution in [-0.4, -0.2) is 18.4 Å². The Morgan fingerprint density at radius 3 is 2.65 bits per heavy atom. The summed E-state index contributed by atoms with van der Waals surface area (Å²) < 4.78 is 5.69. The van der Waals surface area contributed by atoms with E-state index < -0.39 is 0 Å². The summed E-state index contributed by atoms with van der Waals surface area (Å²) in [5, 5.41) is 0. The van der Waals surface area contributed by atoms with Crippen LogP contribution < -0.4 is 10.5 Å². The SMILES string of the molecule is Cc1ccccc1OCCCC[C@H](N)CS.Cl. The number of halogens is 1. The highest BCUT2D eigenvalue weighted by Crippen LogP contribution is 2.16. The summed E-state index contributed by atoms with van der Waals surface area (Å²) in [6.45, 7) is 2.83. The summed E-state index contributed by atoms with van der Waals surface area (Å²) in [6.07, 6.45) is 3.18. The van der Waals surface area contributed by atoms with Crippen molar-refractivity contribution in [3.8, 4) is 5.75 Å². The van der Waals surface area contributed by atoms with Crippen LogP contribution >= 0.6 is 25.0 Å².